The van der Waals surface area contributed by atoms with E-state index in [1.54, 1.807) is 14.0 Å². The number of ether oxygens (including phenoxy) is 1. The van der Waals surface area contributed by atoms with E-state index in [9.17, 15) is 4.79 Å². The Morgan fingerprint density at radius 3 is 2.75 bits per heavy atom. The number of Topliss-reactive ketones (excluding diaryl/α,β-unsaturated/α-hetero) is 1. The van der Waals surface area contributed by atoms with Crippen LogP contribution in [0.5, 0.6) is 5.75 Å². The lowest BCUT2D eigenvalue weighted by Crippen LogP contribution is -2.31. The van der Waals surface area contributed by atoms with Crippen molar-refractivity contribution in [1.29, 1.82) is 0 Å². The van der Waals surface area contributed by atoms with E-state index in [0.717, 1.165) is 36.5 Å². The van der Waals surface area contributed by atoms with Crippen LogP contribution in [0.3, 0.4) is 0 Å². The summed E-state index contributed by atoms with van der Waals surface area (Å²) in [4.78, 5) is 16.2. The number of carbonyl (C=O) groups is 1. The summed E-state index contributed by atoms with van der Waals surface area (Å²) < 4.78 is 5.42. The molecule has 1 aliphatic heterocycles. The molecule has 1 aromatic rings. The standard InChI is InChI=1S/C16H24N2O2/c1-12(19)13-5-6-16(20-4)14(9-13)10-18-8-7-15(11-18)17(2)3/h5-6,9,15H,7-8,10-11H2,1-4H3. The van der Waals surface area contributed by atoms with E-state index in [1.165, 1.54) is 6.42 Å². The molecule has 1 saturated heterocycles. The smallest absolute Gasteiger partial charge is 0.159 e. The van der Waals surface area contributed by atoms with E-state index in [1.807, 2.05) is 18.2 Å². The maximum absolute atomic E-state index is 11.5. The minimum atomic E-state index is 0.0986. The molecule has 4 heteroatoms. The van der Waals surface area contributed by atoms with Crippen LogP contribution in [-0.2, 0) is 6.54 Å². The Bertz CT molecular complexity index is 485. The number of nitrogens with zero attached hydrogens (tertiary/aromatic N) is 2. The van der Waals surface area contributed by atoms with Crippen LogP contribution in [0.2, 0.25) is 0 Å². The van der Waals surface area contributed by atoms with Crippen molar-refractivity contribution in [3.63, 3.8) is 0 Å². The van der Waals surface area contributed by atoms with E-state index >= 15 is 0 Å². The molecule has 0 aliphatic carbocycles. The van der Waals surface area contributed by atoms with E-state index in [4.69, 9.17) is 4.74 Å². The van der Waals surface area contributed by atoms with Gasteiger partial charge in [0.05, 0.1) is 7.11 Å². The zero-order valence-corrected chi connectivity index (χ0v) is 12.8. The third-order valence-electron chi connectivity index (χ3n) is 4.06. The van der Waals surface area contributed by atoms with Gasteiger partial charge in [-0.25, -0.2) is 0 Å². The van der Waals surface area contributed by atoms with Gasteiger partial charge in [-0.1, -0.05) is 0 Å². The number of benzene rings is 1. The molecule has 0 aromatic heterocycles. The maximum atomic E-state index is 11.5. The minimum Gasteiger partial charge on any atom is -0.496 e. The van der Waals surface area contributed by atoms with Gasteiger partial charge in [-0.15, -0.1) is 0 Å². The topological polar surface area (TPSA) is 32.8 Å². The lowest BCUT2D eigenvalue weighted by Gasteiger charge is -2.21. The van der Waals surface area contributed by atoms with Gasteiger partial charge in [0.15, 0.2) is 5.78 Å². The van der Waals surface area contributed by atoms with Crippen molar-refractivity contribution in [1.82, 2.24) is 9.80 Å². The number of hydrogen-bond donors (Lipinski definition) is 0. The highest BCUT2D eigenvalue weighted by Crippen LogP contribution is 2.24. The van der Waals surface area contributed by atoms with Crippen LogP contribution in [-0.4, -0.2) is 55.9 Å². The quantitative estimate of drug-likeness (QED) is 0.771. The van der Waals surface area contributed by atoms with Gasteiger partial charge >= 0.3 is 0 Å². The molecule has 1 heterocycles. The van der Waals surface area contributed by atoms with Crippen molar-refractivity contribution in [2.45, 2.75) is 25.9 Å². The van der Waals surface area contributed by atoms with Crippen LogP contribution < -0.4 is 4.74 Å². The Hall–Kier alpha value is -1.39. The summed E-state index contributed by atoms with van der Waals surface area (Å²) in [5, 5.41) is 0. The van der Waals surface area contributed by atoms with Gasteiger partial charge in [0, 0.05) is 36.8 Å². The van der Waals surface area contributed by atoms with E-state index in [0.29, 0.717) is 6.04 Å². The molecule has 0 amide bonds. The summed E-state index contributed by atoms with van der Waals surface area (Å²) in [5.41, 5.74) is 1.85. The molecule has 4 nitrogen and oxygen atoms in total. The van der Waals surface area contributed by atoms with Crippen LogP contribution in [0.25, 0.3) is 0 Å². The van der Waals surface area contributed by atoms with Gasteiger partial charge in [0.2, 0.25) is 0 Å². The zero-order valence-electron chi connectivity index (χ0n) is 12.8. The molecule has 1 unspecified atom stereocenters. The van der Waals surface area contributed by atoms with E-state index in [2.05, 4.69) is 23.9 Å². The molecule has 0 saturated carbocycles. The molecule has 1 aliphatic rings. The highest BCUT2D eigenvalue weighted by atomic mass is 16.5. The zero-order chi connectivity index (χ0) is 14.7. The lowest BCUT2D eigenvalue weighted by atomic mass is 10.1. The largest absolute Gasteiger partial charge is 0.496 e. The number of carbonyl (C=O) groups excluding carboxylic acids is 1. The van der Waals surface area contributed by atoms with Gasteiger partial charge in [0.25, 0.3) is 0 Å². The fraction of sp³-hybridized carbons (Fsp3) is 0.562. The second kappa shape index (κ2) is 6.37. The molecular formula is C16H24N2O2. The first-order valence-electron chi connectivity index (χ1n) is 7.08. The van der Waals surface area contributed by atoms with Crippen molar-refractivity contribution in [2.75, 3.05) is 34.3 Å². The van der Waals surface area contributed by atoms with Crippen LogP contribution in [0.1, 0.15) is 29.3 Å². The Morgan fingerprint density at radius 2 is 2.20 bits per heavy atom. The van der Waals surface area contributed by atoms with Crippen LogP contribution in [0, 0.1) is 0 Å². The second-order valence-electron chi connectivity index (χ2n) is 5.72. The van der Waals surface area contributed by atoms with Gasteiger partial charge < -0.3 is 9.64 Å². The average Bonchev–Trinajstić information content (AvgIpc) is 2.87. The molecule has 0 radical (unpaired) electrons. The second-order valence-corrected chi connectivity index (χ2v) is 5.72. The predicted molar refractivity (Wildman–Crippen MR) is 80.4 cm³/mol. The number of hydrogen-bond acceptors (Lipinski definition) is 4. The van der Waals surface area contributed by atoms with Gasteiger partial charge in [-0.2, -0.15) is 0 Å². The SMILES string of the molecule is COc1ccc(C(C)=O)cc1CN1CCC(N(C)C)C1. The molecule has 0 bridgehead atoms. The number of ketones is 1. The third kappa shape index (κ3) is 3.38. The molecule has 2 rings (SSSR count). The first-order chi connectivity index (χ1) is 9.51. The highest BCUT2D eigenvalue weighted by Gasteiger charge is 2.24. The van der Waals surface area contributed by atoms with Crippen LogP contribution in [0.4, 0.5) is 0 Å². The molecular weight excluding hydrogens is 252 g/mol. The molecule has 0 N–H and O–H groups in total. The van der Waals surface area contributed by atoms with E-state index in [-0.39, 0.29) is 5.78 Å². The van der Waals surface area contributed by atoms with Gasteiger partial charge in [-0.3, -0.25) is 9.69 Å². The lowest BCUT2D eigenvalue weighted by molar-refractivity contribution is 0.101. The fourth-order valence-electron chi connectivity index (χ4n) is 2.74. The maximum Gasteiger partial charge on any atom is 0.159 e. The van der Waals surface area contributed by atoms with Gasteiger partial charge in [-0.05, 0) is 45.6 Å². The third-order valence-corrected chi connectivity index (χ3v) is 4.06. The normalized spacial score (nSPS) is 19.6. The minimum absolute atomic E-state index is 0.0986. The number of methoxy groups -OCH3 is 1. The summed E-state index contributed by atoms with van der Waals surface area (Å²) >= 11 is 0. The first-order valence-corrected chi connectivity index (χ1v) is 7.08. The number of rotatable bonds is 5. The summed E-state index contributed by atoms with van der Waals surface area (Å²) in [6, 6.07) is 6.31. The molecule has 1 fully saturated rings. The fourth-order valence-corrected chi connectivity index (χ4v) is 2.74. The first kappa shape index (κ1) is 15.0. The predicted octanol–water partition coefficient (Wildman–Crippen LogP) is 2.03. The van der Waals surface area contributed by atoms with Gasteiger partial charge in [0.1, 0.15) is 5.75 Å². The Balaban J connectivity index is 2.12. The monoisotopic (exact) mass is 276 g/mol. The van der Waals surface area contributed by atoms with Crippen molar-refractivity contribution >= 4 is 5.78 Å². The number of likely N-dealkylation sites (tertiary alicyclic amines) is 1. The molecule has 20 heavy (non-hydrogen) atoms. The van der Waals surface area contributed by atoms with Crippen molar-refractivity contribution in [2.24, 2.45) is 0 Å². The summed E-state index contributed by atoms with van der Waals surface area (Å²) in [6.45, 7) is 4.61. The molecule has 1 atom stereocenters. The highest BCUT2D eigenvalue weighted by molar-refractivity contribution is 5.94. The van der Waals surface area contributed by atoms with E-state index < -0.39 is 0 Å². The Morgan fingerprint density at radius 1 is 1.45 bits per heavy atom. The summed E-state index contributed by atoms with van der Waals surface area (Å²) in [6.07, 6.45) is 1.20. The molecule has 0 spiro atoms. The molecule has 1 aromatic carbocycles. The average molecular weight is 276 g/mol. The molecule has 110 valence electrons. The summed E-state index contributed by atoms with van der Waals surface area (Å²) in [5.74, 6) is 0.963. The summed E-state index contributed by atoms with van der Waals surface area (Å²) in [7, 11) is 5.94. The van der Waals surface area contributed by atoms with Crippen molar-refractivity contribution in [3.8, 4) is 5.75 Å². The van der Waals surface area contributed by atoms with Crippen LogP contribution >= 0.6 is 0 Å². The Labute approximate surface area is 121 Å². The van der Waals surface area contributed by atoms with Crippen molar-refractivity contribution in [3.05, 3.63) is 29.3 Å². The van der Waals surface area contributed by atoms with Crippen molar-refractivity contribution < 1.29 is 9.53 Å². The Kier molecular flexibility index (Phi) is 4.78. The van der Waals surface area contributed by atoms with Crippen LogP contribution in [0.15, 0.2) is 18.2 Å². The number of likely N-dealkylation sites (N-methyl/N-ethyl adjacent to an activating group) is 1.